The minimum atomic E-state index is -0.766. The molecule has 2 amide bonds. The summed E-state index contributed by atoms with van der Waals surface area (Å²) in [5.41, 5.74) is 4.56. The van der Waals surface area contributed by atoms with Gasteiger partial charge in [0.25, 0.3) is 0 Å². The third kappa shape index (κ3) is 5.32. The first kappa shape index (κ1) is 23.8. The van der Waals surface area contributed by atoms with Gasteiger partial charge in [0.1, 0.15) is 0 Å². The number of anilines is 1. The molecule has 0 spiro atoms. The maximum absolute atomic E-state index is 13.0. The van der Waals surface area contributed by atoms with Gasteiger partial charge in [0.2, 0.25) is 0 Å². The van der Waals surface area contributed by atoms with Crippen LogP contribution in [0.2, 0.25) is 0 Å². The van der Waals surface area contributed by atoms with Gasteiger partial charge in [-0.05, 0) is 72.9 Å². The van der Waals surface area contributed by atoms with Crippen molar-refractivity contribution in [1.29, 1.82) is 0 Å². The Balaban J connectivity index is 1.79. The quantitative estimate of drug-likeness (QED) is 0.593. The molecule has 2 atom stereocenters. The van der Waals surface area contributed by atoms with Crippen LogP contribution in [0.4, 0.5) is 10.5 Å². The second-order valence-electron chi connectivity index (χ2n) is 10.2. The number of benzene rings is 2. The van der Waals surface area contributed by atoms with E-state index in [2.05, 4.69) is 61.7 Å². The first-order valence-electron chi connectivity index (χ1n) is 11.4. The lowest BCUT2D eigenvalue weighted by atomic mass is 9.76. The summed E-state index contributed by atoms with van der Waals surface area (Å²) < 4.78 is 5.24. The van der Waals surface area contributed by atoms with Crippen molar-refractivity contribution < 1.29 is 14.3 Å². The molecule has 3 rings (SSSR count). The van der Waals surface area contributed by atoms with Crippen LogP contribution in [0.5, 0.6) is 0 Å². The zero-order valence-corrected chi connectivity index (χ0v) is 20.2. The van der Waals surface area contributed by atoms with E-state index in [0.29, 0.717) is 12.8 Å². The monoisotopic (exact) mass is 436 g/mol. The van der Waals surface area contributed by atoms with Crippen LogP contribution in [0, 0.1) is 19.3 Å². The second-order valence-corrected chi connectivity index (χ2v) is 10.2. The van der Waals surface area contributed by atoms with E-state index in [0.717, 1.165) is 35.2 Å². The highest BCUT2D eigenvalue weighted by molar-refractivity contribution is 5.90. The molecular formula is C27H36N2O3. The van der Waals surface area contributed by atoms with Gasteiger partial charge in [0.05, 0.1) is 12.5 Å². The Hall–Kier alpha value is -2.82. The lowest BCUT2D eigenvalue weighted by molar-refractivity contribution is -0.153. The second kappa shape index (κ2) is 9.35. The molecule has 172 valence electrons. The fraction of sp³-hybridized carbons (Fsp3) is 0.481. The molecule has 5 nitrogen and oxygen atoms in total. The predicted molar refractivity (Wildman–Crippen MR) is 129 cm³/mol. The topological polar surface area (TPSA) is 67.4 Å². The summed E-state index contributed by atoms with van der Waals surface area (Å²) in [6, 6.07) is 13.8. The summed E-state index contributed by atoms with van der Waals surface area (Å²) in [5.74, 6) is -0.258. The minimum Gasteiger partial charge on any atom is -0.469 e. The van der Waals surface area contributed by atoms with E-state index in [-0.39, 0.29) is 23.5 Å². The van der Waals surface area contributed by atoms with Crippen molar-refractivity contribution in [1.82, 2.24) is 5.32 Å². The standard InChI is InChI=1S/C27H36N2O3/c1-18-14-19(2)16-22(15-18)28-25(31)29-23-8-7-13-27(23,24(30)32-6)17-20-9-11-21(12-10-20)26(3,4)5/h9-12,14-16,23H,7-8,13,17H2,1-6H3,(H2,28,29,31)/t23-,27+/m1/s1. The Morgan fingerprint density at radius 2 is 1.69 bits per heavy atom. The number of ether oxygens (including phenoxy) is 1. The van der Waals surface area contributed by atoms with Crippen LogP contribution in [0.25, 0.3) is 0 Å². The molecule has 0 aromatic heterocycles. The Morgan fingerprint density at radius 3 is 2.25 bits per heavy atom. The number of aryl methyl sites for hydroxylation is 2. The highest BCUT2D eigenvalue weighted by Crippen LogP contribution is 2.42. The molecule has 2 aromatic rings. The summed E-state index contributed by atoms with van der Waals surface area (Å²) in [7, 11) is 1.43. The molecule has 32 heavy (non-hydrogen) atoms. The van der Waals surface area contributed by atoms with E-state index >= 15 is 0 Å². The number of carbonyl (C=O) groups is 2. The molecule has 0 saturated heterocycles. The maximum Gasteiger partial charge on any atom is 0.319 e. The first-order valence-corrected chi connectivity index (χ1v) is 11.4. The van der Waals surface area contributed by atoms with Gasteiger partial charge >= 0.3 is 12.0 Å². The lowest BCUT2D eigenvalue weighted by Crippen LogP contribution is -2.51. The zero-order valence-electron chi connectivity index (χ0n) is 20.2. The predicted octanol–water partition coefficient (Wildman–Crippen LogP) is 5.68. The Morgan fingerprint density at radius 1 is 1.06 bits per heavy atom. The molecular weight excluding hydrogens is 400 g/mol. The molecule has 1 fully saturated rings. The summed E-state index contributed by atoms with van der Waals surface area (Å²) in [6.07, 6.45) is 2.84. The van der Waals surface area contributed by atoms with Crippen molar-refractivity contribution in [3.8, 4) is 0 Å². The SMILES string of the molecule is COC(=O)[C@]1(Cc2ccc(C(C)(C)C)cc2)CCC[C@H]1NC(=O)Nc1cc(C)cc(C)c1. The highest BCUT2D eigenvalue weighted by atomic mass is 16.5. The van der Waals surface area contributed by atoms with Crippen molar-refractivity contribution in [3.63, 3.8) is 0 Å². The first-order chi connectivity index (χ1) is 15.0. The Kier molecular flexibility index (Phi) is 6.97. The smallest absolute Gasteiger partial charge is 0.319 e. The Labute approximate surface area is 191 Å². The van der Waals surface area contributed by atoms with E-state index in [9.17, 15) is 9.59 Å². The van der Waals surface area contributed by atoms with Crippen molar-refractivity contribution in [3.05, 3.63) is 64.7 Å². The number of rotatable bonds is 5. The zero-order chi connectivity index (χ0) is 23.5. The number of amides is 2. The molecule has 1 aliphatic carbocycles. The molecule has 5 heteroatoms. The van der Waals surface area contributed by atoms with Crippen molar-refractivity contribution in [2.75, 3.05) is 12.4 Å². The number of esters is 1. The molecule has 0 aliphatic heterocycles. The van der Waals surface area contributed by atoms with Crippen LogP contribution in [0.1, 0.15) is 62.3 Å². The van der Waals surface area contributed by atoms with Crippen LogP contribution in [0.15, 0.2) is 42.5 Å². The van der Waals surface area contributed by atoms with Crippen LogP contribution < -0.4 is 10.6 Å². The number of hydrogen-bond donors (Lipinski definition) is 2. The van der Waals surface area contributed by atoms with Crippen molar-refractivity contribution in [2.24, 2.45) is 5.41 Å². The number of methoxy groups -OCH3 is 1. The number of urea groups is 1. The van der Waals surface area contributed by atoms with E-state index < -0.39 is 5.41 Å². The van der Waals surface area contributed by atoms with Crippen molar-refractivity contribution in [2.45, 2.75) is 71.8 Å². The number of nitrogens with one attached hydrogen (secondary N) is 2. The molecule has 1 saturated carbocycles. The normalized spacial score (nSPS) is 20.6. The van der Waals surface area contributed by atoms with Crippen LogP contribution in [-0.4, -0.2) is 25.2 Å². The van der Waals surface area contributed by atoms with Gasteiger partial charge in [-0.2, -0.15) is 0 Å². The third-order valence-corrected chi connectivity index (χ3v) is 6.50. The fourth-order valence-electron chi connectivity index (χ4n) is 4.87. The summed E-state index contributed by atoms with van der Waals surface area (Å²) in [4.78, 5) is 25.8. The van der Waals surface area contributed by atoms with Gasteiger partial charge in [-0.25, -0.2) is 4.79 Å². The van der Waals surface area contributed by atoms with Gasteiger partial charge in [-0.1, -0.05) is 57.5 Å². The molecule has 0 bridgehead atoms. The van der Waals surface area contributed by atoms with E-state index in [4.69, 9.17) is 4.74 Å². The molecule has 0 unspecified atom stereocenters. The third-order valence-electron chi connectivity index (χ3n) is 6.50. The maximum atomic E-state index is 13.0. The van der Waals surface area contributed by atoms with Crippen LogP contribution >= 0.6 is 0 Å². The van der Waals surface area contributed by atoms with Gasteiger partial charge < -0.3 is 15.4 Å². The average Bonchev–Trinajstić information content (AvgIpc) is 3.09. The molecule has 2 N–H and O–H groups in total. The van der Waals surface area contributed by atoms with Gasteiger partial charge in [0, 0.05) is 11.7 Å². The summed E-state index contributed by atoms with van der Waals surface area (Å²) in [6.45, 7) is 10.6. The highest BCUT2D eigenvalue weighted by Gasteiger charge is 2.50. The summed E-state index contributed by atoms with van der Waals surface area (Å²) in [5, 5.41) is 6.01. The van der Waals surface area contributed by atoms with Gasteiger partial charge in [0.15, 0.2) is 0 Å². The summed E-state index contributed by atoms with van der Waals surface area (Å²) >= 11 is 0. The van der Waals surface area contributed by atoms with Crippen LogP contribution in [-0.2, 0) is 21.4 Å². The van der Waals surface area contributed by atoms with Gasteiger partial charge in [-0.3, -0.25) is 4.79 Å². The van der Waals surface area contributed by atoms with E-state index in [1.807, 2.05) is 26.0 Å². The Bertz CT molecular complexity index is 955. The van der Waals surface area contributed by atoms with E-state index in [1.54, 1.807) is 0 Å². The molecule has 2 aromatic carbocycles. The van der Waals surface area contributed by atoms with E-state index in [1.165, 1.54) is 12.7 Å². The molecule has 0 radical (unpaired) electrons. The lowest BCUT2D eigenvalue weighted by Gasteiger charge is -2.33. The van der Waals surface area contributed by atoms with Crippen molar-refractivity contribution >= 4 is 17.7 Å². The fourth-order valence-corrected chi connectivity index (χ4v) is 4.87. The van der Waals surface area contributed by atoms with Gasteiger partial charge in [-0.15, -0.1) is 0 Å². The van der Waals surface area contributed by atoms with Crippen LogP contribution in [0.3, 0.4) is 0 Å². The largest absolute Gasteiger partial charge is 0.469 e. The average molecular weight is 437 g/mol. The number of carbonyl (C=O) groups excluding carboxylic acids is 2. The minimum absolute atomic E-state index is 0.0717. The molecule has 0 heterocycles. The molecule has 1 aliphatic rings. The number of hydrogen-bond acceptors (Lipinski definition) is 3.